The van der Waals surface area contributed by atoms with Crippen LogP contribution in [0.5, 0.6) is 0 Å². The third-order valence-electron chi connectivity index (χ3n) is 1.79. The van der Waals surface area contributed by atoms with Crippen molar-refractivity contribution in [3.05, 3.63) is 40.6 Å². The minimum absolute atomic E-state index is 0.0324. The Morgan fingerprint density at radius 3 is 3.08 bits per heavy atom. The second-order valence-corrected chi connectivity index (χ2v) is 3.57. The summed E-state index contributed by atoms with van der Waals surface area (Å²) in [5.41, 5.74) is 2.72. The molecule has 2 aromatic rings. The van der Waals surface area contributed by atoms with E-state index >= 15 is 0 Å². The van der Waals surface area contributed by atoms with Crippen LogP contribution in [0.2, 0.25) is 0 Å². The molecular weight excluding hydrogens is 184 g/mol. The maximum absolute atomic E-state index is 5.45. The SMILES string of the molecule is NNC(c1ncc[nH]1)c1cccs1. The topological polar surface area (TPSA) is 66.7 Å². The van der Waals surface area contributed by atoms with Crippen molar-refractivity contribution in [3.8, 4) is 0 Å². The molecule has 0 saturated carbocycles. The highest BCUT2D eigenvalue weighted by Crippen LogP contribution is 2.22. The van der Waals surface area contributed by atoms with Crippen molar-refractivity contribution < 1.29 is 0 Å². The molecule has 2 aromatic heterocycles. The van der Waals surface area contributed by atoms with Crippen molar-refractivity contribution in [1.29, 1.82) is 0 Å². The van der Waals surface area contributed by atoms with Gasteiger partial charge in [0.15, 0.2) is 0 Å². The van der Waals surface area contributed by atoms with E-state index in [1.165, 1.54) is 0 Å². The number of thiophene rings is 1. The number of imidazole rings is 1. The number of nitrogens with zero attached hydrogens (tertiary/aromatic N) is 1. The zero-order valence-electron chi connectivity index (χ0n) is 6.90. The fourth-order valence-corrected chi connectivity index (χ4v) is 1.97. The maximum atomic E-state index is 5.45. The van der Waals surface area contributed by atoms with Gasteiger partial charge in [-0.1, -0.05) is 6.07 Å². The van der Waals surface area contributed by atoms with Gasteiger partial charge in [-0.2, -0.15) is 0 Å². The molecule has 0 aliphatic rings. The number of aromatic nitrogens is 2. The van der Waals surface area contributed by atoms with Gasteiger partial charge >= 0.3 is 0 Å². The Morgan fingerprint density at radius 1 is 1.62 bits per heavy atom. The van der Waals surface area contributed by atoms with Crippen LogP contribution in [0, 0.1) is 0 Å². The Labute approximate surface area is 79.8 Å². The summed E-state index contributed by atoms with van der Waals surface area (Å²) in [4.78, 5) is 8.33. The summed E-state index contributed by atoms with van der Waals surface area (Å²) in [6.45, 7) is 0. The Morgan fingerprint density at radius 2 is 2.54 bits per heavy atom. The van der Waals surface area contributed by atoms with Crippen LogP contribution in [-0.2, 0) is 0 Å². The zero-order chi connectivity index (χ0) is 9.10. The minimum Gasteiger partial charge on any atom is -0.347 e. The average molecular weight is 194 g/mol. The second kappa shape index (κ2) is 3.69. The summed E-state index contributed by atoms with van der Waals surface area (Å²) in [5.74, 6) is 6.29. The minimum atomic E-state index is -0.0324. The molecule has 4 nitrogen and oxygen atoms in total. The molecule has 4 N–H and O–H groups in total. The van der Waals surface area contributed by atoms with Crippen LogP contribution in [0.25, 0.3) is 0 Å². The summed E-state index contributed by atoms with van der Waals surface area (Å²) in [5, 5.41) is 2.02. The maximum Gasteiger partial charge on any atom is 0.129 e. The average Bonchev–Trinajstić information content (AvgIpc) is 2.76. The standard InChI is InChI=1S/C8H10N4S/c9-12-7(6-2-1-5-13-6)8-10-3-4-11-8/h1-5,7,12H,9H2,(H,10,11). The number of nitrogens with one attached hydrogen (secondary N) is 2. The van der Waals surface area contributed by atoms with Crippen molar-refractivity contribution in [2.45, 2.75) is 6.04 Å². The summed E-state index contributed by atoms with van der Waals surface area (Å²) in [6, 6.07) is 3.99. The van der Waals surface area contributed by atoms with Crippen molar-refractivity contribution in [2.24, 2.45) is 5.84 Å². The fourth-order valence-electron chi connectivity index (χ4n) is 1.19. The number of nitrogens with two attached hydrogens (primary N) is 1. The van der Waals surface area contributed by atoms with Crippen molar-refractivity contribution in [2.75, 3.05) is 0 Å². The third-order valence-corrected chi connectivity index (χ3v) is 2.72. The molecule has 0 aromatic carbocycles. The highest BCUT2D eigenvalue weighted by Gasteiger charge is 2.14. The van der Waals surface area contributed by atoms with Gasteiger partial charge in [-0.05, 0) is 11.4 Å². The molecule has 1 unspecified atom stereocenters. The van der Waals surface area contributed by atoms with E-state index in [0.717, 1.165) is 10.7 Å². The summed E-state index contributed by atoms with van der Waals surface area (Å²) < 4.78 is 0. The fraction of sp³-hybridized carbons (Fsp3) is 0.125. The second-order valence-electron chi connectivity index (χ2n) is 2.59. The Bertz CT molecular complexity index is 306. The highest BCUT2D eigenvalue weighted by atomic mass is 32.1. The van der Waals surface area contributed by atoms with E-state index < -0.39 is 0 Å². The van der Waals surface area contributed by atoms with Crippen LogP contribution in [-0.4, -0.2) is 9.97 Å². The van der Waals surface area contributed by atoms with Crippen LogP contribution in [0.4, 0.5) is 0 Å². The third kappa shape index (κ3) is 1.62. The van der Waals surface area contributed by atoms with Gasteiger partial charge in [-0.3, -0.25) is 5.84 Å². The van der Waals surface area contributed by atoms with E-state index in [-0.39, 0.29) is 6.04 Å². The first-order chi connectivity index (χ1) is 6.42. The highest BCUT2D eigenvalue weighted by molar-refractivity contribution is 7.10. The lowest BCUT2D eigenvalue weighted by Crippen LogP contribution is -2.28. The molecular formula is C8H10N4S. The monoisotopic (exact) mass is 194 g/mol. The Kier molecular flexibility index (Phi) is 2.40. The Balaban J connectivity index is 2.29. The molecule has 5 heteroatoms. The van der Waals surface area contributed by atoms with Gasteiger partial charge < -0.3 is 4.98 Å². The number of rotatable bonds is 3. The molecule has 0 spiro atoms. The summed E-state index contributed by atoms with van der Waals surface area (Å²) in [7, 11) is 0. The molecule has 0 fully saturated rings. The van der Waals surface area contributed by atoms with E-state index in [1.807, 2.05) is 17.5 Å². The number of hydrogen-bond acceptors (Lipinski definition) is 4. The summed E-state index contributed by atoms with van der Waals surface area (Å²) >= 11 is 1.65. The van der Waals surface area contributed by atoms with Crippen LogP contribution < -0.4 is 11.3 Å². The van der Waals surface area contributed by atoms with Gasteiger partial charge in [0.1, 0.15) is 11.9 Å². The predicted octanol–water partition coefficient (Wildman–Crippen LogP) is 1.02. The molecule has 1 atom stereocenters. The van der Waals surface area contributed by atoms with E-state index in [2.05, 4.69) is 15.4 Å². The van der Waals surface area contributed by atoms with Gasteiger partial charge in [-0.25, -0.2) is 10.4 Å². The summed E-state index contributed by atoms with van der Waals surface area (Å²) in [6.07, 6.45) is 3.50. The molecule has 0 amide bonds. The molecule has 0 saturated heterocycles. The van der Waals surface area contributed by atoms with E-state index in [1.54, 1.807) is 23.7 Å². The van der Waals surface area contributed by atoms with Gasteiger partial charge in [0.25, 0.3) is 0 Å². The normalized spacial score (nSPS) is 13.0. The molecule has 13 heavy (non-hydrogen) atoms. The molecule has 2 rings (SSSR count). The number of hydrogen-bond donors (Lipinski definition) is 3. The van der Waals surface area contributed by atoms with Crippen molar-refractivity contribution in [3.63, 3.8) is 0 Å². The van der Waals surface area contributed by atoms with E-state index in [0.29, 0.717) is 0 Å². The predicted molar refractivity (Wildman–Crippen MR) is 52.1 cm³/mol. The smallest absolute Gasteiger partial charge is 0.129 e. The molecule has 0 bridgehead atoms. The number of H-pyrrole nitrogens is 1. The van der Waals surface area contributed by atoms with Crippen molar-refractivity contribution in [1.82, 2.24) is 15.4 Å². The molecule has 68 valence electrons. The first-order valence-electron chi connectivity index (χ1n) is 3.90. The van der Waals surface area contributed by atoms with Crippen molar-refractivity contribution >= 4 is 11.3 Å². The van der Waals surface area contributed by atoms with Gasteiger partial charge in [-0.15, -0.1) is 11.3 Å². The van der Waals surface area contributed by atoms with Crippen LogP contribution in [0.15, 0.2) is 29.9 Å². The quantitative estimate of drug-likeness (QED) is 0.505. The lowest BCUT2D eigenvalue weighted by atomic mass is 10.2. The number of aromatic amines is 1. The van der Waals surface area contributed by atoms with Gasteiger partial charge in [0, 0.05) is 17.3 Å². The number of hydrazine groups is 1. The zero-order valence-corrected chi connectivity index (χ0v) is 7.71. The lowest BCUT2D eigenvalue weighted by Gasteiger charge is -2.10. The molecule has 0 aliphatic heterocycles. The van der Waals surface area contributed by atoms with Crippen LogP contribution in [0.1, 0.15) is 16.7 Å². The van der Waals surface area contributed by atoms with E-state index in [9.17, 15) is 0 Å². The molecule has 2 heterocycles. The van der Waals surface area contributed by atoms with Crippen LogP contribution >= 0.6 is 11.3 Å². The molecule has 0 aliphatic carbocycles. The molecule has 0 radical (unpaired) electrons. The largest absolute Gasteiger partial charge is 0.347 e. The first-order valence-corrected chi connectivity index (χ1v) is 4.78. The van der Waals surface area contributed by atoms with Crippen LogP contribution in [0.3, 0.4) is 0 Å². The van der Waals surface area contributed by atoms with Gasteiger partial charge in [0.2, 0.25) is 0 Å². The lowest BCUT2D eigenvalue weighted by molar-refractivity contribution is 0.617. The first kappa shape index (κ1) is 8.43. The van der Waals surface area contributed by atoms with E-state index in [4.69, 9.17) is 5.84 Å². The van der Waals surface area contributed by atoms with Gasteiger partial charge in [0.05, 0.1) is 0 Å². The Hall–Kier alpha value is -1.17.